The molecule has 3 nitrogen and oxygen atoms in total. The fourth-order valence-electron chi connectivity index (χ4n) is 11.5. The third-order valence-corrected chi connectivity index (χ3v) is 14.4. The van der Waals surface area contributed by atoms with Crippen molar-refractivity contribution in [1.82, 2.24) is 4.57 Å². The third-order valence-electron chi connectivity index (χ3n) is 14.4. The second kappa shape index (κ2) is 15.1. The van der Waals surface area contributed by atoms with Crippen LogP contribution in [-0.4, -0.2) is 4.57 Å². The molecule has 1 aliphatic rings. The average Bonchev–Trinajstić information content (AvgIpc) is 4.05. The van der Waals surface area contributed by atoms with E-state index in [2.05, 4.69) is 258 Å². The number of hydrogen-bond donors (Lipinski definition) is 0. The van der Waals surface area contributed by atoms with Crippen molar-refractivity contribution in [2.24, 2.45) is 0 Å². The zero-order chi connectivity index (χ0) is 44.8. The van der Waals surface area contributed by atoms with Crippen LogP contribution < -0.4 is 4.90 Å². The van der Waals surface area contributed by atoms with Crippen LogP contribution in [0.1, 0.15) is 22.3 Å². The molecule has 0 fully saturated rings. The van der Waals surface area contributed by atoms with Gasteiger partial charge in [0.05, 0.1) is 22.1 Å². The molecule has 0 aliphatic heterocycles. The molecule has 13 aromatic rings. The minimum atomic E-state index is -0.526. The first kappa shape index (κ1) is 38.4. The lowest BCUT2D eigenvalue weighted by Gasteiger charge is -2.35. The number of para-hydroxylation sites is 3. The van der Waals surface area contributed by atoms with E-state index in [1.54, 1.807) is 0 Å². The molecular weight excluding hydrogens is 825 g/mol. The van der Waals surface area contributed by atoms with Crippen LogP contribution in [0.3, 0.4) is 0 Å². The van der Waals surface area contributed by atoms with Crippen molar-refractivity contribution in [3.63, 3.8) is 0 Å². The maximum atomic E-state index is 6.66. The molecule has 1 aliphatic carbocycles. The topological polar surface area (TPSA) is 21.3 Å². The molecule has 3 heteroatoms. The first-order valence-corrected chi connectivity index (χ1v) is 23.4. The highest BCUT2D eigenvalue weighted by molar-refractivity contribution is 6.13. The van der Waals surface area contributed by atoms with Crippen LogP contribution in [0.2, 0.25) is 0 Å². The van der Waals surface area contributed by atoms with Gasteiger partial charge in [-0.05, 0) is 116 Å². The minimum Gasteiger partial charge on any atom is -0.454 e. The number of hydrogen-bond acceptors (Lipinski definition) is 2. The molecule has 11 aromatic carbocycles. The Bertz CT molecular complexity index is 4060. The van der Waals surface area contributed by atoms with E-state index in [9.17, 15) is 0 Å². The highest BCUT2D eigenvalue weighted by Gasteiger charge is 2.46. The van der Waals surface area contributed by atoms with Crippen LogP contribution in [0.5, 0.6) is 0 Å². The first-order chi connectivity index (χ1) is 33.7. The van der Waals surface area contributed by atoms with E-state index < -0.39 is 5.41 Å². The summed E-state index contributed by atoms with van der Waals surface area (Å²) in [5, 5.41) is 7.05. The lowest BCUT2D eigenvalue weighted by Crippen LogP contribution is -2.28. The summed E-state index contributed by atoms with van der Waals surface area (Å²) >= 11 is 0. The number of nitrogens with zero attached hydrogens (tertiary/aromatic N) is 2. The van der Waals surface area contributed by atoms with Crippen molar-refractivity contribution in [1.29, 1.82) is 0 Å². The van der Waals surface area contributed by atoms with Gasteiger partial charge in [0.2, 0.25) is 0 Å². The van der Waals surface area contributed by atoms with Gasteiger partial charge in [-0.15, -0.1) is 0 Å². The summed E-state index contributed by atoms with van der Waals surface area (Å²) in [5.74, 6) is 0. The highest BCUT2D eigenvalue weighted by Crippen LogP contribution is 2.57. The van der Waals surface area contributed by atoms with Gasteiger partial charge in [0, 0.05) is 38.6 Å². The number of furan rings is 1. The zero-order valence-electron chi connectivity index (χ0n) is 37.1. The van der Waals surface area contributed by atoms with Crippen LogP contribution in [0.25, 0.3) is 82.5 Å². The van der Waals surface area contributed by atoms with Gasteiger partial charge in [-0.1, -0.05) is 194 Å². The van der Waals surface area contributed by atoms with Crippen molar-refractivity contribution in [3.05, 3.63) is 277 Å². The Morgan fingerprint density at radius 3 is 1.82 bits per heavy atom. The van der Waals surface area contributed by atoms with Gasteiger partial charge < -0.3 is 13.9 Å². The highest BCUT2D eigenvalue weighted by atomic mass is 16.3. The molecule has 0 bridgehead atoms. The summed E-state index contributed by atoms with van der Waals surface area (Å²) < 4.78 is 9.04. The Morgan fingerprint density at radius 1 is 0.353 bits per heavy atom. The molecule has 0 N–H and O–H groups in total. The van der Waals surface area contributed by atoms with Crippen LogP contribution in [0.15, 0.2) is 259 Å². The van der Waals surface area contributed by atoms with Gasteiger partial charge in [0.15, 0.2) is 5.58 Å². The third kappa shape index (κ3) is 5.66. The minimum absolute atomic E-state index is 0.526. The van der Waals surface area contributed by atoms with Crippen molar-refractivity contribution < 1.29 is 4.42 Å². The predicted octanol–water partition coefficient (Wildman–Crippen LogP) is 17.3. The van der Waals surface area contributed by atoms with E-state index in [0.717, 1.165) is 66.8 Å². The van der Waals surface area contributed by atoms with Crippen molar-refractivity contribution in [3.8, 4) is 27.9 Å². The second-order valence-corrected chi connectivity index (χ2v) is 18.0. The smallest absolute Gasteiger partial charge is 0.159 e. The van der Waals surface area contributed by atoms with Crippen LogP contribution >= 0.6 is 0 Å². The molecule has 68 heavy (non-hydrogen) atoms. The number of anilines is 3. The largest absolute Gasteiger partial charge is 0.454 e. The quantitative estimate of drug-likeness (QED) is 0.159. The summed E-state index contributed by atoms with van der Waals surface area (Å²) in [6.07, 6.45) is 0. The van der Waals surface area contributed by atoms with E-state index in [0.29, 0.717) is 0 Å². The molecule has 14 rings (SSSR count). The molecule has 0 atom stereocenters. The van der Waals surface area contributed by atoms with E-state index in [-0.39, 0.29) is 0 Å². The van der Waals surface area contributed by atoms with E-state index in [4.69, 9.17) is 4.42 Å². The summed E-state index contributed by atoms with van der Waals surface area (Å²) in [5.41, 5.74) is 17.7. The monoisotopic (exact) mass is 866 g/mol. The normalized spacial score (nSPS) is 12.8. The maximum absolute atomic E-state index is 6.66. The Labute approximate surface area is 394 Å². The predicted molar refractivity (Wildman–Crippen MR) is 283 cm³/mol. The van der Waals surface area contributed by atoms with Crippen LogP contribution in [-0.2, 0) is 5.41 Å². The molecule has 2 aromatic heterocycles. The molecule has 2 heterocycles. The summed E-state index contributed by atoms with van der Waals surface area (Å²) in [6, 6.07) is 93.2. The molecule has 318 valence electrons. The second-order valence-electron chi connectivity index (χ2n) is 18.0. The number of benzene rings is 11. The number of fused-ring (bicyclic) bond motifs is 10. The van der Waals surface area contributed by atoms with Gasteiger partial charge in [-0.25, -0.2) is 0 Å². The Morgan fingerprint density at radius 2 is 0.971 bits per heavy atom. The summed E-state index contributed by atoms with van der Waals surface area (Å²) in [7, 11) is 0. The molecular formula is C65H42N2O. The van der Waals surface area contributed by atoms with Crippen molar-refractivity contribution in [2.45, 2.75) is 5.41 Å². The number of rotatable bonds is 7. The SMILES string of the molecule is c1ccc(C2(c3ccccc3)c3ccccc3-c3ccc(N(c4cccc(-c5ccc6c7ccccc7n(-c7cccc8c7oc7ccccc78)c6c5)c4)c4ccc5ccccc5c4)cc32)cc1. The van der Waals surface area contributed by atoms with Gasteiger partial charge in [0.1, 0.15) is 5.58 Å². The molecule has 0 radical (unpaired) electrons. The summed E-state index contributed by atoms with van der Waals surface area (Å²) in [6.45, 7) is 0. The molecule has 0 spiro atoms. The Balaban J connectivity index is 0.976. The standard InChI is InChI=1S/C65H42N2O/c1-3-20-47(21-4-1)65(48-22-5-2-6-23-48)58-29-12-9-25-52(58)53-38-36-51(42-59(53)65)66(50-35-33-43-17-7-8-18-44(43)39-50)49-24-15-19-45(40-49)46-34-37-55-54-26-10-13-30-60(54)67(62(55)41-46)61-31-16-28-57-56-27-11-14-32-63(56)68-64(57)61/h1-42H. The molecule has 0 unspecified atom stereocenters. The van der Waals surface area contributed by atoms with Gasteiger partial charge in [-0.2, -0.15) is 0 Å². The van der Waals surface area contributed by atoms with E-state index in [1.807, 2.05) is 6.07 Å². The molecule has 0 amide bonds. The number of aromatic nitrogens is 1. The molecule has 0 saturated carbocycles. The van der Waals surface area contributed by atoms with E-state index >= 15 is 0 Å². The lowest BCUT2D eigenvalue weighted by molar-refractivity contribution is 0.666. The zero-order valence-corrected chi connectivity index (χ0v) is 37.1. The van der Waals surface area contributed by atoms with Crippen molar-refractivity contribution >= 4 is 71.6 Å². The lowest BCUT2D eigenvalue weighted by atomic mass is 9.67. The van der Waals surface area contributed by atoms with Crippen LogP contribution in [0, 0.1) is 0 Å². The van der Waals surface area contributed by atoms with Crippen LogP contribution in [0.4, 0.5) is 17.1 Å². The van der Waals surface area contributed by atoms with Crippen molar-refractivity contribution in [2.75, 3.05) is 4.90 Å². The Hall–Kier alpha value is -8.92. The van der Waals surface area contributed by atoms with E-state index in [1.165, 1.54) is 54.9 Å². The van der Waals surface area contributed by atoms with Gasteiger partial charge in [0.25, 0.3) is 0 Å². The summed E-state index contributed by atoms with van der Waals surface area (Å²) in [4.78, 5) is 2.44. The van der Waals surface area contributed by atoms with Gasteiger partial charge in [-0.3, -0.25) is 0 Å². The van der Waals surface area contributed by atoms with Gasteiger partial charge >= 0.3 is 0 Å². The fraction of sp³-hybridized carbons (Fsp3) is 0.0154. The first-order valence-electron chi connectivity index (χ1n) is 23.4. The molecule has 0 saturated heterocycles. The average molecular weight is 867 g/mol. The Kier molecular flexibility index (Phi) is 8.50. The maximum Gasteiger partial charge on any atom is 0.159 e. The fourth-order valence-corrected chi connectivity index (χ4v) is 11.5.